The summed E-state index contributed by atoms with van der Waals surface area (Å²) < 4.78 is 5.13. The SMILES string of the molecule is CCOC(=O)C1CCCC(NCC(CC)CC)C1. The average molecular weight is 255 g/mol. The van der Waals surface area contributed by atoms with E-state index in [0.717, 1.165) is 31.7 Å². The number of rotatable bonds is 7. The van der Waals surface area contributed by atoms with Gasteiger partial charge >= 0.3 is 5.97 Å². The molecule has 2 atom stereocenters. The number of ether oxygens (including phenoxy) is 1. The number of hydrogen-bond acceptors (Lipinski definition) is 3. The molecular weight excluding hydrogens is 226 g/mol. The Balaban J connectivity index is 2.32. The molecule has 0 radical (unpaired) electrons. The lowest BCUT2D eigenvalue weighted by Gasteiger charge is -2.29. The molecule has 0 heterocycles. The van der Waals surface area contributed by atoms with Crippen molar-refractivity contribution in [3.05, 3.63) is 0 Å². The monoisotopic (exact) mass is 255 g/mol. The third-order valence-electron chi connectivity index (χ3n) is 4.14. The second-order valence-electron chi connectivity index (χ2n) is 5.40. The Morgan fingerprint density at radius 3 is 2.61 bits per heavy atom. The van der Waals surface area contributed by atoms with Crippen molar-refractivity contribution in [1.29, 1.82) is 0 Å². The smallest absolute Gasteiger partial charge is 0.308 e. The molecule has 0 bridgehead atoms. The van der Waals surface area contributed by atoms with Gasteiger partial charge in [-0.3, -0.25) is 4.79 Å². The standard InChI is InChI=1S/C15H29NO2/c1-4-12(5-2)11-16-14-9-7-8-13(10-14)15(17)18-6-3/h12-14,16H,4-11H2,1-3H3. The van der Waals surface area contributed by atoms with Gasteiger partial charge in [0.1, 0.15) is 0 Å². The molecule has 3 heteroatoms. The molecule has 0 aromatic carbocycles. The van der Waals surface area contributed by atoms with Crippen molar-refractivity contribution in [2.45, 2.75) is 65.3 Å². The van der Waals surface area contributed by atoms with Gasteiger partial charge < -0.3 is 10.1 Å². The van der Waals surface area contributed by atoms with Crippen LogP contribution in [-0.2, 0) is 9.53 Å². The molecule has 0 aliphatic heterocycles. The minimum absolute atomic E-state index is 0.00605. The predicted octanol–water partition coefficient (Wildman–Crippen LogP) is 3.13. The number of nitrogens with one attached hydrogen (secondary N) is 1. The maximum absolute atomic E-state index is 11.7. The van der Waals surface area contributed by atoms with Gasteiger partial charge in [0, 0.05) is 6.04 Å². The first kappa shape index (κ1) is 15.5. The van der Waals surface area contributed by atoms with Crippen LogP contribution >= 0.6 is 0 Å². The topological polar surface area (TPSA) is 38.3 Å². The van der Waals surface area contributed by atoms with E-state index in [0.29, 0.717) is 12.6 Å². The molecule has 1 saturated carbocycles. The Kier molecular flexibility index (Phi) is 7.33. The van der Waals surface area contributed by atoms with Crippen molar-refractivity contribution in [2.24, 2.45) is 11.8 Å². The third kappa shape index (κ3) is 4.97. The summed E-state index contributed by atoms with van der Waals surface area (Å²) in [4.78, 5) is 11.7. The Morgan fingerprint density at radius 2 is 2.00 bits per heavy atom. The van der Waals surface area contributed by atoms with Crippen LogP contribution in [0.1, 0.15) is 59.3 Å². The van der Waals surface area contributed by atoms with E-state index in [1.54, 1.807) is 0 Å². The van der Waals surface area contributed by atoms with Gasteiger partial charge in [0.05, 0.1) is 12.5 Å². The van der Waals surface area contributed by atoms with Gasteiger partial charge in [0.25, 0.3) is 0 Å². The Hall–Kier alpha value is -0.570. The number of hydrogen-bond donors (Lipinski definition) is 1. The summed E-state index contributed by atoms with van der Waals surface area (Å²) >= 11 is 0. The number of esters is 1. The van der Waals surface area contributed by atoms with Crippen LogP contribution in [0.2, 0.25) is 0 Å². The quantitative estimate of drug-likeness (QED) is 0.710. The van der Waals surface area contributed by atoms with Crippen LogP contribution in [-0.4, -0.2) is 25.2 Å². The third-order valence-corrected chi connectivity index (χ3v) is 4.14. The van der Waals surface area contributed by atoms with Crippen molar-refractivity contribution in [1.82, 2.24) is 5.32 Å². The molecule has 1 N–H and O–H groups in total. The fourth-order valence-electron chi connectivity index (χ4n) is 2.76. The molecular formula is C15H29NO2. The second kappa shape index (κ2) is 8.52. The highest BCUT2D eigenvalue weighted by Crippen LogP contribution is 2.25. The zero-order chi connectivity index (χ0) is 13.4. The highest BCUT2D eigenvalue weighted by atomic mass is 16.5. The first-order valence-corrected chi connectivity index (χ1v) is 7.61. The molecule has 0 spiro atoms. The summed E-state index contributed by atoms with van der Waals surface area (Å²) in [7, 11) is 0. The van der Waals surface area contributed by atoms with Crippen LogP contribution in [0.5, 0.6) is 0 Å². The lowest BCUT2D eigenvalue weighted by atomic mass is 9.85. The first-order chi connectivity index (χ1) is 8.71. The Labute approximate surface area is 112 Å². The van der Waals surface area contributed by atoms with E-state index >= 15 is 0 Å². The highest BCUT2D eigenvalue weighted by Gasteiger charge is 2.28. The van der Waals surface area contributed by atoms with Crippen LogP contribution in [0.15, 0.2) is 0 Å². The predicted molar refractivity (Wildman–Crippen MR) is 74.5 cm³/mol. The van der Waals surface area contributed by atoms with E-state index in [9.17, 15) is 4.79 Å². The van der Waals surface area contributed by atoms with Gasteiger partial charge in [-0.25, -0.2) is 0 Å². The minimum atomic E-state index is 0.00605. The van der Waals surface area contributed by atoms with E-state index in [4.69, 9.17) is 4.74 Å². The van der Waals surface area contributed by atoms with Crippen molar-refractivity contribution < 1.29 is 9.53 Å². The van der Waals surface area contributed by atoms with Gasteiger partial charge in [-0.15, -0.1) is 0 Å². The summed E-state index contributed by atoms with van der Waals surface area (Å²) in [5.74, 6) is 0.900. The van der Waals surface area contributed by atoms with E-state index in [-0.39, 0.29) is 11.9 Å². The van der Waals surface area contributed by atoms with Crippen molar-refractivity contribution in [3.8, 4) is 0 Å². The molecule has 1 fully saturated rings. The van der Waals surface area contributed by atoms with Crippen LogP contribution in [0.3, 0.4) is 0 Å². The molecule has 1 aliphatic carbocycles. The molecule has 0 aromatic heterocycles. The zero-order valence-corrected chi connectivity index (χ0v) is 12.2. The van der Waals surface area contributed by atoms with Gasteiger partial charge in [0.15, 0.2) is 0 Å². The summed E-state index contributed by atoms with van der Waals surface area (Å²) in [5.41, 5.74) is 0. The summed E-state index contributed by atoms with van der Waals surface area (Å²) in [6.07, 6.45) is 6.77. The fourth-order valence-corrected chi connectivity index (χ4v) is 2.76. The second-order valence-corrected chi connectivity index (χ2v) is 5.40. The molecule has 0 saturated heterocycles. The van der Waals surface area contributed by atoms with Crippen LogP contribution in [0, 0.1) is 11.8 Å². The van der Waals surface area contributed by atoms with E-state index < -0.39 is 0 Å². The lowest BCUT2D eigenvalue weighted by molar-refractivity contribution is -0.149. The molecule has 0 amide bonds. The van der Waals surface area contributed by atoms with Crippen LogP contribution < -0.4 is 5.32 Å². The van der Waals surface area contributed by atoms with Gasteiger partial charge in [-0.05, 0) is 38.6 Å². The maximum Gasteiger partial charge on any atom is 0.308 e. The molecule has 2 unspecified atom stereocenters. The number of carbonyl (C=O) groups excluding carboxylic acids is 1. The summed E-state index contributed by atoms with van der Waals surface area (Å²) in [5, 5.41) is 3.64. The molecule has 106 valence electrons. The van der Waals surface area contributed by atoms with Gasteiger partial charge in [-0.2, -0.15) is 0 Å². The van der Waals surface area contributed by atoms with Gasteiger partial charge in [-0.1, -0.05) is 33.1 Å². The van der Waals surface area contributed by atoms with Crippen molar-refractivity contribution >= 4 is 5.97 Å². The largest absolute Gasteiger partial charge is 0.466 e. The lowest BCUT2D eigenvalue weighted by Crippen LogP contribution is -2.39. The van der Waals surface area contributed by atoms with Crippen LogP contribution in [0.25, 0.3) is 0 Å². The normalized spacial score (nSPS) is 24.2. The minimum Gasteiger partial charge on any atom is -0.466 e. The Bertz CT molecular complexity index is 239. The van der Waals surface area contributed by atoms with Crippen molar-refractivity contribution in [2.75, 3.05) is 13.2 Å². The molecule has 1 rings (SSSR count). The maximum atomic E-state index is 11.7. The number of carbonyl (C=O) groups is 1. The van der Waals surface area contributed by atoms with E-state index in [2.05, 4.69) is 19.2 Å². The van der Waals surface area contributed by atoms with E-state index in [1.807, 2.05) is 6.92 Å². The Morgan fingerprint density at radius 1 is 1.28 bits per heavy atom. The van der Waals surface area contributed by atoms with Crippen molar-refractivity contribution in [3.63, 3.8) is 0 Å². The summed E-state index contributed by atoms with van der Waals surface area (Å²) in [6, 6.07) is 0.508. The molecule has 18 heavy (non-hydrogen) atoms. The highest BCUT2D eigenvalue weighted by molar-refractivity contribution is 5.72. The average Bonchev–Trinajstić information content (AvgIpc) is 2.40. The zero-order valence-electron chi connectivity index (χ0n) is 12.2. The van der Waals surface area contributed by atoms with E-state index in [1.165, 1.54) is 19.3 Å². The first-order valence-electron chi connectivity index (χ1n) is 7.61. The summed E-state index contributed by atoms with van der Waals surface area (Å²) in [6.45, 7) is 7.97. The van der Waals surface area contributed by atoms with Gasteiger partial charge in [0.2, 0.25) is 0 Å². The molecule has 1 aliphatic rings. The molecule has 0 aromatic rings. The van der Waals surface area contributed by atoms with Crippen LogP contribution in [0.4, 0.5) is 0 Å². The fraction of sp³-hybridized carbons (Fsp3) is 0.933. The molecule has 3 nitrogen and oxygen atoms in total.